The van der Waals surface area contributed by atoms with Crippen LogP contribution in [0.15, 0.2) is 126 Å². The molecule has 0 aliphatic heterocycles. The van der Waals surface area contributed by atoms with Gasteiger partial charge in [0.1, 0.15) is 11.2 Å². The summed E-state index contributed by atoms with van der Waals surface area (Å²) in [7, 11) is 0. The van der Waals surface area contributed by atoms with E-state index in [9.17, 15) is 0 Å². The van der Waals surface area contributed by atoms with Crippen LogP contribution in [0.2, 0.25) is 0 Å². The summed E-state index contributed by atoms with van der Waals surface area (Å²) in [6.07, 6.45) is 0. The fourth-order valence-corrected chi connectivity index (χ4v) is 8.59. The number of hydrogen-bond donors (Lipinski definition) is 0. The Morgan fingerprint density at radius 2 is 1.33 bits per heavy atom. The van der Waals surface area contributed by atoms with Crippen molar-refractivity contribution in [2.24, 2.45) is 0 Å². The molecule has 6 aromatic carbocycles. The molecule has 0 saturated heterocycles. The molecule has 10 rings (SSSR count). The molecule has 0 fully saturated rings. The van der Waals surface area contributed by atoms with Gasteiger partial charge in [0.2, 0.25) is 0 Å². The maximum absolute atomic E-state index is 6.29. The lowest BCUT2D eigenvalue weighted by Gasteiger charge is -2.21. The van der Waals surface area contributed by atoms with Crippen LogP contribution >= 0.6 is 11.3 Å². The molecule has 3 nitrogen and oxygen atoms in total. The van der Waals surface area contributed by atoms with E-state index in [1.807, 2.05) is 23.5 Å². The van der Waals surface area contributed by atoms with E-state index >= 15 is 0 Å². The zero-order valence-corrected chi connectivity index (χ0v) is 25.6. The summed E-state index contributed by atoms with van der Waals surface area (Å²) in [5.41, 5.74) is 10.9. The minimum atomic E-state index is -0.151. The van der Waals surface area contributed by atoms with Crippen LogP contribution in [0.3, 0.4) is 0 Å². The molecule has 4 heteroatoms. The Kier molecular flexibility index (Phi) is 4.94. The van der Waals surface area contributed by atoms with Crippen molar-refractivity contribution in [1.29, 1.82) is 0 Å². The van der Waals surface area contributed by atoms with E-state index in [-0.39, 0.29) is 5.41 Å². The van der Waals surface area contributed by atoms with Crippen molar-refractivity contribution in [2.45, 2.75) is 19.3 Å². The van der Waals surface area contributed by atoms with Crippen molar-refractivity contribution in [3.63, 3.8) is 0 Å². The summed E-state index contributed by atoms with van der Waals surface area (Å²) in [5.74, 6) is 0.740. The van der Waals surface area contributed by atoms with E-state index in [1.54, 1.807) is 0 Å². The average Bonchev–Trinajstić information content (AvgIpc) is 3.71. The maximum Gasteiger partial charge on any atom is 0.160 e. The van der Waals surface area contributed by atoms with Crippen LogP contribution in [0.4, 0.5) is 0 Å². The normalized spacial score (nSPS) is 13.7. The quantitative estimate of drug-likeness (QED) is 0.200. The monoisotopic (exact) mass is 594 g/mol. The zero-order chi connectivity index (χ0) is 29.9. The second-order valence-electron chi connectivity index (χ2n) is 12.6. The smallest absolute Gasteiger partial charge is 0.160 e. The molecule has 0 bridgehead atoms. The average molecular weight is 595 g/mol. The molecule has 0 atom stereocenters. The van der Waals surface area contributed by atoms with Crippen LogP contribution in [0, 0.1) is 0 Å². The summed E-state index contributed by atoms with van der Waals surface area (Å²) in [6, 6.07) is 43.2. The lowest BCUT2D eigenvalue weighted by atomic mass is 9.82. The molecule has 3 heterocycles. The van der Waals surface area contributed by atoms with Gasteiger partial charge in [-0.3, -0.25) is 0 Å². The maximum atomic E-state index is 6.29. The van der Waals surface area contributed by atoms with Gasteiger partial charge in [0, 0.05) is 52.9 Å². The number of aromatic nitrogens is 2. The van der Waals surface area contributed by atoms with Crippen molar-refractivity contribution >= 4 is 64.4 Å². The van der Waals surface area contributed by atoms with Crippen molar-refractivity contribution in [2.75, 3.05) is 0 Å². The van der Waals surface area contributed by atoms with E-state index in [2.05, 4.69) is 123 Å². The fraction of sp³-hybridized carbons (Fsp3) is 0.0732. The van der Waals surface area contributed by atoms with Crippen LogP contribution in [-0.4, -0.2) is 9.97 Å². The molecule has 3 aromatic heterocycles. The number of rotatable bonds is 2. The second-order valence-corrected chi connectivity index (χ2v) is 13.7. The lowest BCUT2D eigenvalue weighted by molar-refractivity contribution is 0.647. The predicted octanol–water partition coefficient (Wildman–Crippen LogP) is 11.5. The van der Waals surface area contributed by atoms with Gasteiger partial charge in [0.15, 0.2) is 5.82 Å². The number of fused-ring (bicyclic) bond motifs is 11. The molecule has 9 aromatic rings. The van der Waals surface area contributed by atoms with E-state index in [1.165, 1.54) is 42.4 Å². The number of furan rings is 1. The highest BCUT2D eigenvalue weighted by Gasteiger charge is 2.36. The number of benzene rings is 6. The Bertz CT molecular complexity index is 2680. The van der Waals surface area contributed by atoms with Gasteiger partial charge in [-0.15, -0.1) is 11.3 Å². The Balaban J connectivity index is 1.23. The van der Waals surface area contributed by atoms with E-state index in [4.69, 9.17) is 14.4 Å². The molecule has 45 heavy (non-hydrogen) atoms. The van der Waals surface area contributed by atoms with E-state index in [0.717, 1.165) is 55.5 Å². The zero-order valence-electron chi connectivity index (χ0n) is 24.8. The largest absolute Gasteiger partial charge is 0.456 e. The van der Waals surface area contributed by atoms with Gasteiger partial charge in [-0.1, -0.05) is 92.7 Å². The van der Waals surface area contributed by atoms with Crippen molar-refractivity contribution in [3.05, 3.63) is 132 Å². The molecule has 0 unspecified atom stereocenters. The van der Waals surface area contributed by atoms with Crippen molar-refractivity contribution in [1.82, 2.24) is 9.97 Å². The van der Waals surface area contributed by atoms with E-state index < -0.39 is 0 Å². The molecule has 1 aliphatic rings. The van der Waals surface area contributed by atoms with Crippen LogP contribution in [-0.2, 0) is 5.41 Å². The predicted molar refractivity (Wildman–Crippen MR) is 188 cm³/mol. The third-order valence-electron chi connectivity index (χ3n) is 9.68. The number of para-hydroxylation sites is 1. The van der Waals surface area contributed by atoms with Gasteiger partial charge in [-0.25, -0.2) is 9.97 Å². The minimum Gasteiger partial charge on any atom is -0.456 e. The molecule has 0 saturated carbocycles. The highest BCUT2D eigenvalue weighted by atomic mass is 32.1. The summed E-state index contributed by atoms with van der Waals surface area (Å²) < 4.78 is 8.83. The molecule has 212 valence electrons. The molecule has 0 spiro atoms. The molecule has 1 aliphatic carbocycles. The lowest BCUT2D eigenvalue weighted by Crippen LogP contribution is -2.14. The van der Waals surface area contributed by atoms with Crippen LogP contribution in [0.5, 0.6) is 0 Å². The standard InChI is InChI=1S/C41H26N2OS/c1-41(2)30-17-16-24(20-27(30)28-21-29-25-12-6-8-14-33(25)44-34(29)22-31(28)41)40-42-32-18-19-36-37(26-13-7-9-15-35(26)45-36)38(32)39(43-40)23-10-4-3-5-11-23/h3-22H,1-2H3. The van der Waals surface area contributed by atoms with Gasteiger partial charge < -0.3 is 4.42 Å². The van der Waals surface area contributed by atoms with Gasteiger partial charge in [-0.2, -0.15) is 0 Å². The first-order chi connectivity index (χ1) is 22.0. The third-order valence-corrected chi connectivity index (χ3v) is 10.8. The number of thiophene rings is 1. The second kappa shape index (κ2) is 8.87. The van der Waals surface area contributed by atoms with E-state index in [0.29, 0.717) is 0 Å². The summed E-state index contributed by atoms with van der Waals surface area (Å²) >= 11 is 1.83. The number of nitrogens with zero attached hydrogens (tertiary/aromatic N) is 2. The topological polar surface area (TPSA) is 38.9 Å². The van der Waals surface area contributed by atoms with Gasteiger partial charge >= 0.3 is 0 Å². The fourth-order valence-electron chi connectivity index (χ4n) is 7.48. The van der Waals surface area contributed by atoms with Crippen LogP contribution < -0.4 is 0 Å². The van der Waals surface area contributed by atoms with Crippen molar-refractivity contribution in [3.8, 4) is 33.8 Å². The van der Waals surface area contributed by atoms with Gasteiger partial charge in [0.05, 0.1) is 11.2 Å². The third kappa shape index (κ3) is 3.46. The van der Waals surface area contributed by atoms with Gasteiger partial charge in [0.25, 0.3) is 0 Å². The minimum absolute atomic E-state index is 0.151. The Morgan fingerprint density at radius 3 is 2.22 bits per heavy atom. The summed E-state index contributed by atoms with van der Waals surface area (Å²) in [6.45, 7) is 4.62. The van der Waals surface area contributed by atoms with Crippen LogP contribution in [0.1, 0.15) is 25.0 Å². The molecule has 0 N–H and O–H groups in total. The first-order valence-electron chi connectivity index (χ1n) is 15.3. The number of hydrogen-bond acceptors (Lipinski definition) is 4. The van der Waals surface area contributed by atoms with Crippen molar-refractivity contribution < 1.29 is 4.42 Å². The molecule has 0 radical (unpaired) electrons. The first kappa shape index (κ1) is 25.1. The Hall–Kier alpha value is -5.32. The molecule has 0 amide bonds. The van der Waals surface area contributed by atoms with Crippen LogP contribution in [0.25, 0.3) is 86.8 Å². The van der Waals surface area contributed by atoms with Gasteiger partial charge in [-0.05, 0) is 64.7 Å². The summed E-state index contributed by atoms with van der Waals surface area (Å²) in [5, 5.41) is 5.90. The summed E-state index contributed by atoms with van der Waals surface area (Å²) in [4.78, 5) is 10.6. The first-order valence-corrected chi connectivity index (χ1v) is 16.1. The highest BCUT2D eigenvalue weighted by molar-refractivity contribution is 7.26. The molecular formula is C41H26N2OS. The Labute approximate surface area is 263 Å². The SMILES string of the molecule is CC1(C)c2ccc(-c3nc(-c4ccccc4)c4c(ccc5sc6ccccc6c54)n3)cc2-c2cc3c(cc21)oc1ccccc13. The Morgan fingerprint density at radius 1 is 0.556 bits per heavy atom. The highest BCUT2D eigenvalue weighted by Crippen LogP contribution is 2.52. The molecular weight excluding hydrogens is 569 g/mol.